The molecule has 0 unspecified atom stereocenters. The zero-order chi connectivity index (χ0) is 97.4. The molecule has 0 fully saturated rings. The van der Waals surface area contributed by atoms with Gasteiger partial charge in [-0.25, -0.2) is 4.79 Å². The molecule has 0 aromatic heterocycles. The number of carboxylic acid groups (broad SMARTS) is 1. The van der Waals surface area contributed by atoms with E-state index in [0.717, 1.165) is 0 Å². The van der Waals surface area contributed by atoms with Crippen molar-refractivity contribution in [2.24, 2.45) is 53.1 Å². The molecule has 0 bridgehead atoms. The average Bonchev–Trinajstić information content (AvgIpc) is 0.849. The van der Waals surface area contributed by atoms with E-state index in [2.05, 4.69) is 121 Å². The summed E-state index contributed by atoms with van der Waals surface area (Å²) in [6, 6.07) is -18.1. The molecule has 0 heterocycles. The van der Waals surface area contributed by atoms with Gasteiger partial charge in [0, 0.05) is 24.5 Å². The highest BCUT2D eigenvalue weighted by atomic mass is 32.2. The number of aliphatic hydroxyl groups is 2. The molecular weight excluding hydrogens is 1730 g/mol. The van der Waals surface area contributed by atoms with Crippen LogP contribution in [-0.4, -0.2) is 293 Å². The number of amides is 18. The van der Waals surface area contributed by atoms with Crippen LogP contribution in [0.3, 0.4) is 0 Å². The van der Waals surface area contributed by atoms with Gasteiger partial charge in [0.2, 0.25) is 106 Å². The summed E-state index contributed by atoms with van der Waals surface area (Å²) in [5.41, 5.74) is 5.75. The number of carboxylic acids is 1. The van der Waals surface area contributed by atoms with E-state index < -0.39 is 247 Å². The number of nitrogens with two attached hydrogens (primary N) is 1. The van der Waals surface area contributed by atoms with E-state index in [-0.39, 0.29) is 118 Å². The largest absolute Gasteiger partial charge is 0.480 e. The number of carbonyl (C=O) groups is 19. The molecule has 0 aromatic rings. The Kier molecular flexibility index (Phi) is 58.1. The van der Waals surface area contributed by atoms with Crippen molar-refractivity contribution in [1.82, 2.24) is 95.7 Å². The van der Waals surface area contributed by atoms with Gasteiger partial charge >= 0.3 is 5.97 Å². The monoisotopic (exact) mass is 1880 g/mol. The van der Waals surface area contributed by atoms with E-state index in [9.17, 15) is 106 Å². The molecule has 16 atom stereocenters. The number of thiol groups is 2. The Hall–Kier alpha value is -8.79. The van der Waals surface area contributed by atoms with E-state index in [1.54, 1.807) is 109 Å². The van der Waals surface area contributed by atoms with Crippen LogP contribution < -0.4 is 101 Å². The predicted octanol–water partition coefficient (Wildman–Crippen LogP) is -3.22. The van der Waals surface area contributed by atoms with Crippen molar-refractivity contribution in [2.75, 3.05) is 68.2 Å². The molecule has 0 aromatic carbocycles. The minimum Gasteiger partial charge on any atom is -0.480 e. The summed E-state index contributed by atoms with van der Waals surface area (Å²) in [7, 11) is 0. The first-order valence-electron chi connectivity index (χ1n) is 43.1. The first-order chi connectivity index (χ1) is 59.2. The Bertz CT molecular complexity index is 3600. The Morgan fingerprint density at radius 3 is 0.874 bits per heavy atom. The molecule has 0 rings (SSSR count). The third-order valence-corrected chi connectivity index (χ3v) is 21.2. The van der Waals surface area contributed by atoms with Gasteiger partial charge in [-0.1, -0.05) is 111 Å². The molecule has 0 radical (unpaired) electrons. The topological polar surface area (TPSA) is 628 Å². The maximum absolute atomic E-state index is 14.2. The molecule has 0 spiro atoms. The molecule has 0 aliphatic heterocycles. The zero-order valence-corrected chi connectivity index (χ0v) is 80.6. The van der Waals surface area contributed by atoms with Crippen LogP contribution in [0.4, 0.5) is 0 Å². The summed E-state index contributed by atoms with van der Waals surface area (Å²) < 4.78 is 0. The fourth-order valence-corrected chi connectivity index (χ4v) is 13.8. The highest BCUT2D eigenvalue weighted by Gasteiger charge is 2.39. The van der Waals surface area contributed by atoms with E-state index in [1.807, 2.05) is 13.8 Å². The third-order valence-electron chi connectivity index (χ3n) is 19.2. The van der Waals surface area contributed by atoms with E-state index in [0.29, 0.717) is 11.5 Å². The fraction of sp³-hybridized carbons (Fsp3) is 0.768. The van der Waals surface area contributed by atoms with Crippen molar-refractivity contribution >= 4 is 161 Å². The van der Waals surface area contributed by atoms with Gasteiger partial charge in [0.05, 0.1) is 44.4 Å². The van der Waals surface area contributed by atoms with Gasteiger partial charge in [0.25, 0.3) is 0 Å². The third kappa shape index (κ3) is 49.0. The van der Waals surface area contributed by atoms with Crippen molar-refractivity contribution in [3.05, 3.63) is 0 Å². The molecule has 23 N–H and O–H groups in total. The van der Waals surface area contributed by atoms with Gasteiger partial charge in [-0.3, -0.25) is 86.3 Å². The number of hydrogen-bond acceptors (Lipinski definition) is 26. The molecule has 0 aliphatic rings. The molecule has 127 heavy (non-hydrogen) atoms. The highest BCUT2D eigenvalue weighted by molar-refractivity contribution is 7.98. The molecule has 45 heteroatoms. The van der Waals surface area contributed by atoms with Crippen molar-refractivity contribution in [3.63, 3.8) is 0 Å². The van der Waals surface area contributed by atoms with Crippen LogP contribution in [-0.2, 0) is 91.1 Å². The number of thioether (sulfide) groups is 2. The standard InChI is InChI=1S/C82H147N19O22S4/c1-40(2)28-53(94-69(109)50(83)38-124)70(110)87-34-61(105)85-36-63(107)89-55(30-42(5)6)74(114)96-57(32-44(9)10)76(116)100-67(48(17)102)80(120)92-51(23-26-126-19)72(112)98-65(46(13)14)79(119)84-25-21-22-60(104)91-59(39-125)78(118)95-54(29-41(3)4)71(111)88-35-62(106)86-37-64(108)90-56(31-43(7)8)75(115)97-58(33-45(11)12)77(117)101-68(49(18)103)81(121)93-52(24-27-127-20)73(113)99-66(47(15)16)82(122)123/h40-59,65-68,102-103,124-125H,21-39,83H2,1-20H3,(H,84,119)(H,85,105)(H,86,106)(H,87,110)(H,88,111)(H,89,107)(H,90,108)(H,91,104)(H,92,120)(H,93,121)(H,94,109)(H,95,118)(H,96,114)(H,97,115)(H,98,112)(H,99,113)(H,100,116)(H,101,117)(H,122,123)/t48-,49-,50+,51+,52+,53+,54+,55+,56+,57+,58+,59+,65+,66+,67+,68+/m1/s1. The van der Waals surface area contributed by atoms with Crippen LogP contribution in [0.15, 0.2) is 0 Å². The van der Waals surface area contributed by atoms with Gasteiger partial charge in [-0.2, -0.15) is 48.8 Å². The second-order valence-electron chi connectivity index (χ2n) is 34.7. The van der Waals surface area contributed by atoms with Gasteiger partial charge in [-0.15, -0.1) is 0 Å². The Labute approximate surface area is 766 Å². The first kappa shape index (κ1) is 118. The molecule has 0 aliphatic carbocycles. The second kappa shape index (κ2) is 62.4. The summed E-state index contributed by atoms with van der Waals surface area (Å²) in [4.78, 5) is 256. The maximum atomic E-state index is 14.2. The van der Waals surface area contributed by atoms with Crippen molar-refractivity contribution in [3.8, 4) is 0 Å². The summed E-state index contributed by atoms with van der Waals surface area (Å²) >= 11 is 11.0. The maximum Gasteiger partial charge on any atom is 0.326 e. The SMILES string of the molecule is CSCC[C@H](NC(=O)[C@@H](NC(=O)[C@H](CC(C)C)NC(=O)[C@H](CC(C)C)NC(=O)CNC(=O)CNC(=O)[C@H](CC(C)C)NC(=O)[C@H](CS)NC(=O)CCCNC(=O)[C@@H](NC(=O)[C@H](CCSC)NC(=O)[C@@H](NC(=O)[C@H](CC(C)C)NC(=O)[C@H](CC(C)C)NC(=O)CNC(=O)CNC(=O)[C@H](CC(C)C)NC(=O)[C@@H](N)CS)[C@@H](C)O)C(C)C)[C@@H](C)O)C(=O)N[C@H](C(=O)O)C(C)C. The van der Waals surface area contributed by atoms with E-state index in [1.165, 1.54) is 37.4 Å². The van der Waals surface area contributed by atoms with Gasteiger partial charge in [0.1, 0.15) is 78.5 Å². The summed E-state index contributed by atoms with van der Waals surface area (Å²) in [6.07, 6.45) is 0.713. The van der Waals surface area contributed by atoms with Crippen molar-refractivity contribution < 1.29 is 106 Å². The molecule has 0 saturated carbocycles. The van der Waals surface area contributed by atoms with Crippen LogP contribution in [0.25, 0.3) is 0 Å². The normalized spacial score (nSPS) is 15.2. The molecular formula is C82H147N19O22S4. The van der Waals surface area contributed by atoms with Gasteiger partial charge in [0.15, 0.2) is 0 Å². The zero-order valence-electron chi connectivity index (χ0n) is 77.2. The number of rotatable bonds is 63. The van der Waals surface area contributed by atoms with Crippen LogP contribution >= 0.6 is 48.8 Å². The Balaban J connectivity index is 6.02. The van der Waals surface area contributed by atoms with Crippen molar-refractivity contribution in [2.45, 2.75) is 286 Å². The number of aliphatic hydroxyl groups excluding tert-OH is 2. The summed E-state index contributed by atoms with van der Waals surface area (Å²) in [6.45, 7) is 27.6. The van der Waals surface area contributed by atoms with E-state index in [4.69, 9.17) is 5.73 Å². The van der Waals surface area contributed by atoms with Crippen LogP contribution in [0.5, 0.6) is 0 Å². The number of aliphatic carboxylic acids is 1. The average molecular weight is 1880 g/mol. The minimum absolute atomic E-state index is 0.0105. The first-order valence-corrected chi connectivity index (χ1v) is 47.1. The van der Waals surface area contributed by atoms with Crippen molar-refractivity contribution in [1.29, 1.82) is 0 Å². The highest BCUT2D eigenvalue weighted by Crippen LogP contribution is 2.17. The van der Waals surface area contributed by atoms with Crippen LogP contribution in [0.1, 0.15) is 189 Å². The van der Waals surface area contributed by atoms with E-state index >= 15 is 0 Å². The lowest BCUT2D eigenvalue weighted by Gasteiger charge is -2.29. The smallest absolute Gasteiger partial charge is 0.326 e. The lowest BCUT2D eigenvalue weighted by Crippen LogP contribution is -2.62. The lowest BCUT2D eigenvalue weighted by molar-refractivity contribution is -0.143. The van der Waals surface area contributed by atoms with Crippen LogP contribution in [0.2, 0.25) is 0 Å². The number of nitrogens with one attached hydrogen (secondary N) is 18. The van der Waals surface area contributed by atoms with Gasteiger partial charge < -0.3 is 117 Å². The van der Waals surface area contributed by atoms with Gasteiger partial charge in [-0.05, 0) is 143 Å². The Morgan fingerprint density at radius 2 is 0.567 bits per heavy atom. The Morgan fingerprint density at radius 1 is 0.291 bits per heavy atom. The molecule has 726 valence electrons. The summed E-state index contributed by atoms with van der Waals surface area (Å²) in [5.74, 6) is -17.3. The second-order valence-corrected chi connectivity index (χ2v) is 37.4. The lowest BCUT2D eigenvalue weighted by atomic mass is 9.99. The summed E-state index contributed by atoms with van der Waals surface area (Å²) in [5, 5.41) is 77.0. The number of hydrogen-bond donors (Lipinski definition) is 24. The van der Waals surface area contributed by atoms with Crippen LogP contribution in [0, 0.1) is 47.3 Å². The minimum atomic E-state index is -1.70. The fourth-order valence-electron chi connectivity index (χ4n) is 12.4. The molecule has 0 saturated heterocycles. The predicted molar refractivity (Wildman–Crippen MR) is 488 cm³/mol. The molecule has 41 nitrogen and oxygen atoms in total. The molecule has 18 amide bonds. The quantitative estimate of drug-likeness (QED) is 0.0210. The number of carbonyl (C=O) groups excluding carboxylic acids is 18.